The third kappa shape index (κ3) is 3.72. The second-order valence-electron chi connectivity index (χ2n) is 4.47. The molecule has 0 radical (unpaired) electrons. The number of carbonyl (C=O) groups excluding carboxylic acids is 1. The summed E-state index contributed by atoms with van der Waals surface area (Å²) >= 11 is 3.45. The molecule has 0 fully saturated rings. The Balaban J connectivity index is 2.26. The van der Waals surface area contributed by atoms with Gasteiger partial charge in [-0.25, -0.2) is 9.78 Å². The maximum absolute atomic E-state index is 11.8. The summed E-state index contributed by atoms with van der Waals surface area (Å²) in [5.74, 6) is 0.0846. The molecule has 2 rings (SSSR count). The number of nitrogens with one attached hydrogen (secondary N) is 1. The largest absolute Gasteiger partial charge is 0.462 e. The number of hydrogen-bond donors (Lipinski definition) is 2. The summed E-state index contributed by atoms with van der Waals surface area (Å²) in [5.41, 5.74) is 8.34. The van der Waals surface area contributed by atoms with Gasteiger partial charge < -0.3 is 15.8 Å². The van der Waals surface area contributed by atoms with Crippen molar-refractivity contribution >= 4 is 39.1 Å². The van der Waals surface area contributed by atoms with Crippen LogP contribution in [0, 0.1) is 6.92 Å². The molecule has 1 aromatic heterocycles. The van der Waals surface area contributed by atoms with Gasteiger partial charge in [0.15, 0.2) is 0 Å². The molecule has 3 N–H and O–H groups in total. The molecule has 0 bridgehead atoms. The number of nitrogens with two attached hydrogens (primary N) is 1. The number of benzene rings is 1. The molecule has 0 amide bonds. The zero-order valence-electron chi connectivity index (χ0n) is 11.8. The lowest BCUT2D eigenvalue weighted by atomic mass is 10.2. The second kappa shape index (κ2) is 6.58. The summed E-state index contributed by atoms with van der Waals surface area (Å²) in [6, 6.07) is 7.43. The Labute approximate surface area is 131 Å². The third-order valence-electron chi connectivity index (χ3n) is 2.86. The molecule has 0 atom stereocenters. The van der Waals surface area contributed by atoms with Crippen LogP contribution in [0.4, 0.5) is 17.2 Å². The van der Waals surface area contributed by atoms with Crippen LogP contribution in [0.25, 0.3) is 0 Å². The first-order valence-corrected chi connectivity index (χ1v) is 7.26. The van der Waals surface area contributed by atoms with Crippen LogP contribution in [0.2, 0.25) is 0 Å². The van der Waals surface area contributed by atoms with Crippen molar-refractivity contribution in [3.05, 3.63) is 46.1 Å². The predicted octanol–water partition coefficient (Wildman–Crippen LogP) is 3.66. The van der Waals surface area contributed by atoms with Gasteiger partial charge in [0.1, 0.15) is 5.82 Å². The van der Waals surface area contributed by atoms with E-state index in [-0.39, 0.29) is 0 Å². The van der Waals surface area contributed by atoms with Crippen LogP contribution in [0.3, 0.4) is 0 Å². The first-order chi connectivity index (χ1) is 10.0. The van der Waals surface area contributed by atoms with Crippen molar-refractivity contribution < 1.29 is 9.53 Å². The number of hydrogen-bond acceptors (Lipinski definition) is 5. The van der Waals surface area contributed by atoms with Gasteiger partial charge in [0, 0.05) is 10.2 Å². The minimum absolute atomic E-state index is 0.297. The van der Waals surface area contributed by atoms with Gasteiger partial charge in [-0.15, -0.1) is 0 Å². The Morgan fingerprint density at radius 3 is 2.86 bits per heavy atom. The highest BCUT2D eigenvalue weighted by molar-refractivity contribution is 9.10. The molecule has 110 valence electrons. The van der Waals surface area contributed by atoms with E-state index in [0.717, 1.165) is 15.7 Å². The molecule has 6 heteroatoms. The number of nitrogens with zero attached hydrogens (tertiary/aromatic N) is 1. The molecule has 0 saturated carbocycles. The average Bonchev–Trinajstić information content (AvgIpc) is 2.45. The molecule has 0 aliphatic heterocycles. The van der Waals surface area contributed by atoms with E-state index in [2.05, 4.69) is 26.2 Å². The first kappa shape index (κ1) is 15.3. The van der Waals surface area contributed by atoms with Gasteiger partial charge in [-0.2, -0.15) is 0 Å². The highest BCUT2D eigenvalue weighted by Crippen LogP contribution is 2.24. The number of pyridine rings is 1. The van der Waals surface area contributed by atoms with E-state index < -0.39 is 5.97 Å². The van der Waals surface area contributed by atoms with Crippen LogP contribution >= 0.6 is 15.9 Å². The molecule has 0 aliphatic rings. The van der Waals surface area contributed by atoms with Crippen molar-refractivity contribution in [3.8, 4) is 0 Å². The standard InChI is InChI=1S/C15H16BrN3O2/c1-3-21-15(20)11-7-14(18-8-13(11)17)19-10-4-5-12(16)9(2)6-10/h4-8H,3,17H2,1-2H3,(H,18,19). The lowest BCUT2D eigenvalue weighted by Gasteiger charge is -2.10. The highest BCUT2D eigenvalue weighted by Gasteiger charge is 2.12. The Bertz CT molecular complexity index is 674. The van der Waals surface area contributed by atoms with E-state index in [9.17, 15) is 4.79 Å². The first-order valence-electron chi connectivity index (χ1n) is 6.47. The van der Waals surface area contributed by atoms with Crippen LogP contribution < -0.4 is 11.1 Å². The van der Waals surface area contributed by atoms with Gasteiger partial charge in [-0.3, -0.25) is 0 Å². The quantitative estimate of drug-likeness (QED) is 0.823. The summed E-state index contributed by atoms with van der Waals surface area (Å²) in [4.78, 5) is 16.0. The lowest BCUT2D eigenvalue weighted by molar-refractivity contribution is 0.0527. The maximum Gasteiger partial charge on any atom is 0.340 e. The summed E-state index contributed by atoms with van der Waals surface area (Å²) in [6.07, 6.45) is 1.44. The van der Waals surface area contributed by atoms with Crippen LogP contribution in [0.15, 0.2) is 34.9 Å². The van der Waals surface area contributed by atoms with E-state index in [0.29, 0.717) is 23.7 Å². The number of nitrogen functional groups attached to an aromatic ring is 1. The van der Waals surface area contributed by atoms with Crippen molar-refractivity contribution in [2.45, 2.75) is 13.8 Å². The van der Waals surface area contributed by atoms with Crippen molar-refractivity contribution in [3.63, 3.8) is 0 Å². The predicted molar refractivity (Wildman–Crippen MR) is 86.8 cm³/mol. The monoisotopic (exact) mass is 349 g/mol. The van der Waals surface area contributed by atoms with Gasteiger partial charge in [-0.1, -0.05) is 15.9 Å². The van der Waals surface area contributed by atoms with Gasteiger partial charge >= 0.3 is 5.97 Å². The van der Waals surface area contributed by atoms with Crippen LogP contribution in [-0.4, -0.2) is 17.6 Å². The van der Waals surface area contributed by atoms with Crippen molar-refractivity contribution in [2.24, 2.45) is 0 Å². The molecule has 0 spiro atoms. The second-order valence-corrected chi connectivity index (χ2v) is 5.32. The number of rotatable bonds is 4. The van der Waals surface area contributed by atoms with Gasteiger partial charge in [0.25, 0.3) is 0 Å². The van der Waals surface area contributed by atoms with Crippen LogP contribution in [0.5, 0.6) is 0 Å². The maximum atomic E-state index is 11.8. The zero-order chi connectivity index (χ0) is 15.4. The van der Waals surface area contributed by atoms with Crippen LogP contribution in [-0.2, 0) is 4.74 Å². The Kier molecular flexibility index (Phi) is 4.80. The van der Waals surface area contributed by atoms with Gasteiger partial charge in [-0.05, 0) is 43.7 Å². The molecule has 0 unspecified atom stereocenters. The van der Waals surface area contributed by atoms with Crippen LogP contribution in [0.1, 0.15) is 22.8 Å². The number of aryl methyl sites for hydroxylation is 1. The molecule has 21 heavy (non-hydrogen) atoms. The smallest absolute Gasteiger partial charge is 0.340 e. The fourth-order valence-electron chi connectivity index (χ4n) is 1.79. The third-order valence-corrected chi connectivity index (χ3v) is 3.75. The fraction of sp³-hybridized carbons (Fsp3) is 0.200. The Morgan fingerprint density at radius 1 is 1.43 bits per heavy atom. The Morgan fingerprint density at radius 2 is 2.19 bits per heavy atom. The molecule has 1 aromatic carbocycles. The fourth-order valence-corrected chi connectivity index (χ4v) is 2.04. The average molecular weight is 350 g/mol. The van der Waals surface area contributed by atoms with E-state index in [4.69, 9.17) is 10.5 Å². The number of esters is 1. The number of anilines is 3. The summed E-state index contributed by atoms with van der Waals surface area (Å²) in [5, 5.41) is 3.14. The summed E-state index contributed by atoms with van der Waals surface area (Å²) in [6.45, 7) is 4.05. The molecule has 1 heterocycles. The topological polar surface area (TPSA) is 77.2 Å². The molecular weight excluding hydrogens is 334 g/mol. The normalized spacial score (nSPS) is 10.2. The van der Waals surface area contributed by atoms with Gasteiger partial charge in [0.2, 0.25) is 0 Å². The number of carbonyl (C=O) groups is 1. The van der Waals surface area contributed by atoms with Gasteiger partial charge in [0.05, 0.1) is 24.1 Å². The minimum atomic E-state index is -0.451. The molecule has 2 aromatic rings. The van der Waals surface area contributed by atoms with Crippen molar-refractivity contribution in [1.29, 1.82) is 0 Å². The molecular formula is C15H16BrN3O2. The number of halogens is 1. The molecule has 0 saturated heterocycles. The molecule has 0 aliphatic carbocycles. The SMILES string of the molecule is CCOC(=O)c1cc(Nc2ccc(Br)c(C)c2)ncc1N. The summed E-state index contributed by atoms with van der Waals surface area (Å²) in [7, 11) is 0. The van der Waals surface area contributed by atoms with E-state index in [1.165, 1.54) is 6.20 Å². The zero-order valence-corrected chi connectivity index (χ0v) is 13.4. The Hall–Kier alpha value is -2.08. The van der Waals surface area contributed by atoms with Crippen molar-refractivity contribution in [1.82, 2.24) is 4.98 Å². The van der Waals surface area contributed by atoms with Crippen molar-refractivity contribution in [2.75, 3.05) is 17.7 Å². The summed E-state index contributed by atoms with van der Waals surface area (Å²) < 4.78 is 6.00. The minimum Gasteiger partial charge on any atom is -0.462 e. The molecule has 5 nitrogen and oxygen atoms in total. The van der Waals surface area contributed by atoms with E-state index >= 15 is 0 Å². The van der Waals surface area contributed by atoms with E-state index in [1.54, 1.807) is 13.0 Å². The highest BCUT2D eigenvalue weighted by atomic mass is 79.9. The number of aromatic nitrogens is 1. The number of ether oxygens (including phenoxy) is 1. The lowest BCUT2D eigenvalue weighted by Crippen LogP contribution is -2.09. The van der Waals surface area contributed by atoms with E-state index in [1.807, 2.05) is 25.1 Å².